The van der Waals surface area contributed by atoms with Gasteiger partial charge in [0.1, 0.15) is 0 Å². The lowest BCUT2D eigenvalue weighted by Crippen LogP contribution is -2.38. The smallest absolute Gasteiger partial charge is 0.308 e. The third kappa shape index (κ3) is 5.10. The third-order valence-electron chi connectivity index (χ3n) is 5.07. The Morgan fingerprint density at radius 3 is 2.45 bits per heavy atom. The van der Waals surface area contributed by atoms with E-state index in [9.17, 15) is 19.5 Å². The first-order valence-corrected chi connectivity index (χ1v) is 9.55. The minimum atomic E-state index is -0.953. The van der Waals surface area contributed by atoms with Crippen molar-refractivity contribution in [3.05, 3.63) is 77.5 Å². The van der Waals surface area contributed by atoms with Crippen LogP contribution < -0.4 is 5.32 Å². The highest BCUT2D eigenvalue weighted by Gasteiger charge is 2.28. The van der Waals surface area contributed by atoms with Crippen LogP contribution in [0.15, 0.2) is 60.8 Å². The number of hydrogen-bond acceptors (Lipinski definition) is 3. The number of carbonyl (C=O) groups excluding carboxylic acids is 2. The highest BCUT2D eigenvalue weighted by atomic mass is 16.4. The van der Waals surface area contributed by atoms with E-state index < -0.39 is 17.9 Å². The number of carboxylic acid groups (broad SMARTS) is 1. The van der Waals surface area contributed by atoms with Gasteiger partial charge in [0.15, 0.2) is 0 Å². The van der Waals surface area contributed by atoms with Gasteiger partial charge in [0, 0.05) is 19.7 Å². The van der Waals surface area contributed by atoms with Gasteiger partial charge in [-0.2, -0.15) is 0 Å². The Hall–Kier alpha value is -3.41. The van der Waals surface area contributed by atoms with Crippen LogP contribution in [0.25, 0.3) is 6.08 Å². The van der Waals surface area contributed by atoms with Gasteiger partial charge in [-0.3, -0.25) is 14.4 Å². The van der Waals surface area contributed by atoms with Gasteiger partial charge in [-0.05, 0) is 29.2 Å². The molecule has 0 saturated heterocycles. The number of carbonyl (C=O) groups is 3. The predicted octanol–water partition coefficient (Wildman–Crippen LogP) is 3.01. The number of rotatable bonds is 7. The summed E-state index contributed by atoms with van der Waals surface area (Å²) in [6.07, 6.45) is 3.95. The summed E-state index contributed by atoms with van der Waals surface area (Å²) in [5, 5.41) is 12.2. The van der Waals surface area contributed by atoms with Crippen LogP contribution in [0.2, 0.25) is 0 Å². The molecule has 0 bridgehead atoms. The lowest BCUT2D eigenvalue weighted by Gasteiger charge is -2.32. The van der Waals surface area contributed by atoms with Crippen molar-refractivity contribution in [1.82, 2.24) is 10.2 Å². The molecule has 2 atom stereocenters. The lowest BCUT2D eigenvalue weighted by atomic mass is 9.93. The van der Waals surface area contributed by atoms with Crippen LogP contribution in [0.3, 0.4) is 0 Å². The van der Waals surface area contributed by atoms with E-state index in [2.05, 4.69) is 5.32 Å². The molecule has 0 radical (unpaired) electrons. The number of aliphatic carboxylic acids is 1. The van der Waals surface area contributed by atoms with E-state index in [0.717, 1.165) is 16.7 Å². The minimum absolute atomic E-state index is 0.0351. The largest absolute Gasteiger partial charge is 0.481 e. The fraction of sp³-hybridized carbons (Fsp3) is 0.261. The van der Waals surface area contributed by atoms with Crippen LogP contribution in [0, 0.1) is 5.92 Å². The first-order chi connectivity index (χ1) is 14.0. The molecule has 1 aliphatic rings. The average Bonchev–Trinajstić information content (AvgIpc) is 2.71. The number of nitrogens with one attached hydrogen (secondary N) is 1. The van der Waals surface area contributed by atoms with Crippen LogP contribution in [-0.4, -0.2) is 34.3 Å². The van der Waals surface area contributed by atoms with Gasteiger partial charge in [0.25, 0.3) is 0 Å². The van der Waals surface area contributed by atoms with Gasteiger partial charge in [-0.25, -0.2) is 0 Å². The Labute approximate surface area is 169 Å². The summed E-state index contributed by atoms with van der Waals surface area (Å²) in [6, 6.07) is 16.5. The van der Waals surface area contributed by atoms with Crippen molar-refractivity contribution in [2.75, 3.05) is 6.54 Å². The number of nitrogens with zero attached hydrogens (tertiary/aromatic N) is 1. The molecule has 1 heterocycles. The van der Waals surface area contributed by atoms with Crippen LogP contribution in [0.5, 0.6) is 0 Å². The van der Waals surface area contributed by atoms with Gasteiger partial charge >= 0.3 is 5.97 Å². The Morgan fingerprint density at radius 1 is 1.07 bits per heavy atom. The summed E-state index contributed by atoms with van der Waals surface area (Å²) in [6.45, 7) is 1.50. The molecular formula is C23H24N2O4. The molecule has 0 spiro atoms. The van der Waals surface area contributed by atoms with Gasteiger partial charge < -0.3 is 15.3 Å². The maximum Gasteiger partial charge on any atom is 0.308 e. The molecule has 0 aliphatic carbocycles. The van der Waals surface area contributed by atoms with Crippen LogP contribution in [0.1, 0.15) is 36.1 Å². The van der Waals surface area contributed by atoms with Crippen molar-refractivity contribution in [3.8, 4) is 0 Å². The van der Waals surface area contributed by atoms with E-state index in [-0.39, 0.29) is 24.8 Å². The van der Waals surface area contributed by atoms with Crippen molar-refractivity contribution >= 4 is 23.9 Å². The number of hydrogen-bond donors (Lipinski definition) is 2. The average molecular weight is 392 g/mol. The zero-order chi connectivity index (χ0) is 20.8. The fourth-order valence-corrected chi connectivity index (χ4v) is 3.54. The molecule has 29 heavy (non-hydrogen) atoms. The number of amides is 2. The second-order valence-corrected chi connectivity index (χ2v) is 7.12. The molecule has 0 fully saturated rings. The Morgan fingerprint density at radius 2 is 1.76 bits per heavy atom. The van der Waals surface area contributed by atoms with Crippen LogP contribution in [0.4, 0.5) is 0 Å². The van der Waals surface area contributed by atoms with Crippen LogP contribution >= 0.6 is 0 Å². The summed E-state index contributed by atoms with van der Waals surface area (Å²) >= 11 is 0. The van der Waals surface area contributed by atoms with Gasteiger partial charge in [-0.1, -0.05) is 54.6 Å². The van der Waals surface area contributed by atoms with Gasteiger partial charge in [-0.15, -0.1) is 0 Å². The highest BCUT2D eigenvalue weighted by molar-refractivity contribution is 5.82. The molecule has 150 valence electrons. The second-order valence-electron chi connectivity index (χ2n) is 7.12. The maximum atomic E-state index is 12.6. The SMILES string of the molecule is CC(=O)N1C=Cc2ccccc2C1CC(=O)NCC(Cc1ccccc1)C(=O)O. The van der Waals surface area contributed by atoms with E-state index in [0.29, 0.717) is 6.42 Å². The van der Waals surface area contributed by atoms with E-state index in [1.54, 1.807) is 11.1 Å². The summed E-state index contributed by atoms with van der Waals surface area (Å²) in [5.74, 6) is -2.11. The van der Waals surface area contributed by atoms with Crippen molar-refractivity contribution in [2.24, 2.45) is 5.92 Å². The fourth-order valence-electron chi connectivity index (χ4n) is 3.54. The molecule has 0 saturated carbocycles. The molecule has 1 aliphatic heterocycles. The summed E-state index contributed by atoms with van der Waals surface area (Å²) < 4.78 is 0. The molecule has 2 aromatic carbocycles. The Kier molecular flexibility index (Phi) is 6.44. The quantitative estimate of drug-likeness (QED) is 0.758. The zero-order valence-corrected chi connectivity index (χ0v) is 16.2. The first-order valence-electron chi connectivity index (χ1n) is 9.55. The van der Waals surface area contributed by atoms with Crippen molar-refractivity contribution in [3.63, 3.8) is 0 Å². The molecule has 0 aromatic heterocycles. The molecular weight excluding hydrogens is 368 g/mol. The highest BCUT2D eigenvalue weighted by Crippen LogP contribution is 2.32. The molecule has 2 aromatic rings. The Balaban J connectivity index is 1.66. The van der Waals surface area contributed by atoms with E-state index in [4.69, 9.17) is 0 Å². The molecule has 6 heteroatoms. The topological polar surface area (TPSA) is 86.7 Å². The summed E-state index contributed by atoms with van der Waals surface area (Å²) in [7, 11) is 0. The Bertz CT molecular complexity index is 923. The maximum absolute atomic E-state index is 12.6. The molecule has 6 nitrogen and oxygen atoms in total. The standard InChI is InChI=1S/C23H24N2O4/c1-16(26)25-12-11-18-9-5-6-10-20(18)21(25)14-22(27)24-15-19(23(28)29)13-17-7-3-2-4-8-17/h2-12,19,21H,13-15H2,1H3,(H,24,27)(H,28,29). The van der Waals surface area contributed by atoms with Crippen molar-refractivity contribution < 1.29 is 19.5 Å². The summed E-state index contributed by atoms with van der Waals surface area (Å²) in [4.78, 5) is 37.8. The van der Waals surface area contributed by atoms with Crippen molar-refractivity contribution in [2.45, 2.75) is 25.8 Å². The predicted molar refractivity (Wildman–Crippen MR) is 110 cm³/mol. The monoisotopic (exact) mass is 392 g/mol. The second kappa shape index (κ2) is 9.19. The minimum Gasteiger partial charge on any atom is -0.481 e. The molecule has 3 rings (SSSR count). The number of carboxylic acids is 1. The van der Waals surface area contributed by atoms with Gasteiger partial charge in [0.05, 0.1) is 18.4 Å². The zero-order valence-electron chi connectivity index (χ0n) is 16.2. The summed E-state index contributed by atoms with van der Waals surface area (Å²) in [5.41, 5.74) is 2.78. The molecule has 2 unspecified atom stereocenters. The molecule has 2 amide bonds. The van der Waals surface area contributed by atoms with Crippen molar-refractivity contribution in [1.29, 1.82) is 0 Å². The van der Waals surface area contributed by atoms with E-state index in [1.165, 1.54) is 6.92 Å². The van der Waals surface area contributed by atoms with E-state index >= 15 is 0 Å². The van der Waals surface area contributed by atoms with Gasteiger partial charge in [0.2, 0.25) is 11.8 Å². The van der Waals surface area contributed by atoms with E-state index in [1.807, 2.05) is 60.7 Å². The normalized spacial score (nSPS) is 16.0. The third-order valence-corrected chi connectivity index (χ3v) is 5.07. The number of benzene rings is 2. The molecule has 2 N–H and O–H groups in total. The van der Waals surface area contributed by atoms with Crippen LogP contribution in [-0.2, 0) is 20.8 Å². The first kappa shape index (κ1) is 20.3. The number of fused-ring (bicyclic) bond motifs is 1. The lowest BCUT2D eigenvalue weighted by molar-refractivity contribution is -0.141.